The minimum atomic E-state index is -0.646. The number of primary amides is 1. The number of aryl methyl sites for hydroxylation is 2. The molecule has 1 aromatic heterocycles. The number of hydrogen-bond acceptors (Lipinski definition) is 3. The molecule has 0 bridgehead atoms. The second kappa shape index (κ2) is 5.96. The van der Waals surface area contributed by atoms with E-state index in [4.69, 9.17) is 5.73 Å². The normalized spacial score (nSPS) is 10.7. The van der Waals surface area contributed by atoms with Crippen molar-refractivity contribution in [3.63, 3.8) is 0 Å². The van der Waals surface area contributed by atoms with Gasteiger partial charge in [-0.2, -0.15) is 0 Å². The van der Waals surface area contributed by atoms with Crippen LogP contribution in [0.15, 0.2) is 46.9 Å². The Bertz CT molecular complexity index is 884. The van der Waals surface area contributed by atoms with E-state index in [9.17, 15) is 4.79 Å². The number of hydrogen-bond donors (Lipinski definition) is 1. The van der Waals surface area contributed by atoms with Gasteiger partial charge in [0, 0.05) is 10.0 Å². The predicted molar refractivity (Wildman–Crippen MR) is 92.5 cm³/mol. The number of carbonyl (C=O) groups excluding carboxylic acids is 1. The predicted octanol–water partition coefficient (Wildman–Crippen LogP) is 3.41. The molecule has 2 N–H and O–H groups in total. The van der Waals surface area contributed by atoms with Crippen LogP contribution < -0.4 is 5.73 Å². The van der Waals surface area contributed by atoms with Crippen LogP contribution in [0, 0.1) is 13.8 Å². The Morgan fingerprint density at radius 1 is 1.13 bits per heavy atom. The van der Waals surface area contributed by atoms with E-state index in [1.165, 1.54) is 0 Å². The van der Waals surface area contributed by atoms with Gasteiger partial charge in [-0.25, -0.2) is 9.67 Å². The smallest absolute Gasteiger partial charge is 0.288 e. The number of aromatic nitrogens is 3. The van der Waals surface area contributed by atoms with Crippen molar-refractivity contribution < 1.29 is 4.79 Å². The van der Waals surface area contributed by atoms with Gasteiger partial charge < -0.3 is 5.73 Å². The quantitative estimate of drug-likeness (QED) is 0.767. The van der Waals surface area contributed by atoms with Gasteiger partial charge in [0.1, 0.15) is 0 Å². The van der Waals surface area contributed by atoms with Gasteiger partial charge in [0.15, 0.2) is 5.82 Å². The van der Waals surface area contributed by atoms with Crippen molar-refractivity contribution in [2.75, 3.05) is 0 Å². The van der Waals surface area contributed by atoms with Gasteiger partial charge in [0.2, 0.25) is 5.82 Å². The molecule has 0 spiro atoms. The molecule has 0 atom stereocenters. The Kier molecular flexibility index (Phi) is 4.00. The van der Waals surface area contributed by atoms with Gasteiger partial charge in [-0.3, -0.25) is 4.79 Å². The lowest BCUT2D eigenvalue weighted by Crippen LogP contribution is -2.13. The number of amides is 1. The van der Waals surface area contributed by atoms with Crippen LogP contribution in [0.3, 0.4) is 0 Å². The van der Waals surface area contributed by atoms with E-state index in [1.54, 1.807) is 4.68 Å². The summed E-state index contributed by atoms with van der Waals surface area (Å²) < 4.78 is 2.63. The van der Waals surface area contributed by atoms with Crippen molar-refractivity contribution in [2.45, 2.75) is 13.8 Å². The van der Waals surface area contributed by atoms with E-state index < -0.39 is 5.91 Å². The highest BCUT2D eigenvalue weighted by molar-refractivity contribution is 9.10. The fourth-order valence-corrected chi connectivity index (χ4v) is 2.68. The molecule has 3 rings (SSSR count). The number of rotatable bonds is 3. The third kappa shape index (κ3) is 3.03. The first-order valence-electron chi connectivity index (χ1n) is 7.06. The molecule has 116 valence electrons. The minimum Gasteiger partial charge on any atom is -0.363 e. The molecule has 0 saturated carbocycles. The standard InChI is InChI=1S/C17H15BrN4O/c1-10-3-8-14(11(2)9-10)22-17(20-16(21-22)15(19)23)12-4-6-13(18)7-5-12/h3-9H,1-2H3,(H2,19,23). The van der Waals surface area contributed by atoms with E-state index in [-0.39, 0.29) is 5.82 Å². The SMILES string of the molecule is Cc1ccc(-n2nc(C(N)=O)nc2-c2ccc(Br)cc2)c(C)c1. The summed E-state index contributed by atoms with van der Waals surface area (Å²) in [6, 6.07) is 13.7. The van der Waals surface area contributed by atoms with Crippen LogP contribution >= 0.6 is 15.9 Å². The van der Waals surface area contributed by atoms with Crippen molar-refractivity contribution in [1.82, 2.24) is 14.8 Å². The lowest BCUT2D eigenvalue weighted by molar-refractivity contribution is 0.0990. The van der Waals surface area contributed by atoms with E-state index in [0.717, 1.165) is 26.9 Å². The molecule has 6 heteroatoms. The fraction of sp³-hybridized carbons (Fsp3) is 0.118. The average Bonchev–Trinajstić information content (AvgIpc) is 2.93. The molecule has 0 aliphatic carbocycles. The second-order valence-corrected chi connectivity index (χ2v) is 6.25. The lowest BCUT2D eigenvalue weighted by atomic mass is 10.1. The maximum atomic E-state index is 11.5. The first-order valence-corrected chi connectivity index (χ1v) is 7.85. The lowest BCUT2D eigenvalue weighted by Gasteiger charge is -2.10. The van der Waals surface area contributed by atoms with Crippen LogP contribution in [0.25, 0.3) is 17.1 Å². The van der Waals surface area contributed by atoms with Crippen LogP contribution in [-0.4, -0.2) is 20.7 Å². The van der Waals surface area contributed by atoms with Gasteiger partial charge in [0.05, 0.1) is 5.69 Å². The molecule has 1 amide bonds. The van der Waals surface area contributed by atoms with Crippen molar-refractivity contribution in [3.8, 4) is 17.1 Å². The minimum absolute atomic E-state index is 0.00268. The fourth-order valence-electron chi connectivity index (χ4n) is 2.41. The van der Waals surface area contributed by atoms with Crippen molar-refractivity contribution in [3.05, 3.63) is 63.9 Å². The van der Waals surface area contributed by atoms with Crippen molar-refractivity contribution in [1.29, 1.82) is 0 Å². The van der Waals surface area contributed by atoms with Crippen LogP contribution in [0.5, 0.6) is 0 Å². The van der Waals surface area contributed by atoms with Gasteiger partial charge >= 0.3 is 0 Å². The molecular weight excluding hydrogens is 356 g/mol. The number of nitrogens with zero attached hydrogens (tertiary/aromatic N) is 3. The zero-order chi connectivity index (χ0) is 16.6. The van der Waals surface area contributed by atoms with E-state index in [0.29, 0.717) is 5.82 Å². The maximum absolute atomic E-state index is 11.5. The zero-order valence-electron chi connectivity index (χ0n) is 12.7. The van der Waals surface area contributed by atoms with Gasteiger partial charge in [-0.15, -0.1) is 5.10 Å². The molecule has 1 heterocycles. The maximum Gasteiger partial charge on any atom is 0.288 e. The second-order valence-electron chi connectivity index (χ2n) is 5.33. The molecule has 23 heavy (non-hydrogen) atoms. The third-order valence-corrected chi connectivity index (χ3v) is 4.04. The molecule has 0 radical (unpaired) electrons. The Morgan fingerprint density at radius 3 is 2.43 bits per heavy atom. The third-order valence-electron chi connectivity index (χ3n) is 3.51. The first-order chi connectivity index (χ1) is 11.0. The van der Waals surface area contributed by atoms with Crippen molar-refractivity contribution in [2.24, 2.45) is 5.73 Å². The first kappa shape index (κ1) is 15.4. The number of benzene rings is 2. The molecule has 2 aromatic carbocycles. The molecule has 0 unspecified atom stereocenters. The van der Waals surface area contributed by atoms with Gasteiger partial charge in [-0.05, 0) is 37.6 Å². The number of nitrogens with two attached hydrogens (primary N) is 1. The highest BCUT2D eigenvalue weighted by Gasteiger charge is 2.17. The summed E-state index contributed by atoms with van der Waals surface area (Å²) in [4.78, 5) is 15.8. The Labute approximate surface area is 142 Å². The summed E-state index contributed by atoms with van der Waals surface area (Å²) in [6.07, 6.45) is 0. The van der Waals surface area contributed by atoms with Crippen molar-refractivity contribution >= 4 is 21.8 Å². The average molecular weight is 371 g/mol. The molecule has 0 aliphatic rings. The Balaban J connectivity index is 2.22. The summed E-state index contributed by atoms with van der Waals surface area (Å²) in [5.41, 5.74) is 9.28. The Hall–Kier alpha value is -2.47. The molecule has 0 fully saturated rings. The van der Waals surface area contributed by atoms with Gasteiger partial charge in [0.25, 0.3) is 5.91 Å². The molecular formula is C17H15BrN4O. The van der Waals surface area contributed by atoms with Gasteiger partial charge in [-0.1, -0.05) is 45.8 Å². The van der Waals surface area contributed by atoms with E-state index in [2.05, 4.69) is 32.1 Å². The number of carbonyl (C=O) groups is 1. The van der Waals surface area contributed by atoms with E-state index >= 15 is 0 Å². The summed E-state index contributed by atoms with van der Waals surface area (Å²) in [5.74, 6) is -0.0620. The van der Waals surface area contributed by atoms with E-state index in [1.807, 2.05) is 50.2 Å². The molecule has 0 aliphatic heterocycles. The monoisotopic (exact) mass is 370 g/mol. The molecule has 0 saturated heterocycles. The Morgan fingerprint density at radius 2 is 1.83 bits per heavy atom. The van der Waals surface area contributed by atoms with Crippen LogP contribution in [0.2, 0.25) is 0 Å². The van der Waals surface area contributed by atoms with Crippen LogP contribution in [-0.2, 0) is 0 Å². The largest absolute Gasteiger partial charge is 0.363 e. The summed E-state index contributed by atoms with van der Waals surface area (Å²) in [6.45, 7) is 4.03. The zero-order valence-corrected chi connectivity index (χ0v) is 14.3. The summed E-state index contributed by atoms with van der Waals surface area (Å²) in [5, 5.41) is 4.29. The molecule has 5 nitrogen and oxygen atoms in total. The highest BCUT2D eigenvalue weighted by Crippen LogP contribution is 2.25. The molecule has 3 aromatic rings. The summed E-state index contributed by atoms with van der Waals surface area (Å²) in [7, 11) is 0. The summed E-state index contributed by atoms with van der Waals surface area (Å²) >= 11 is 3.41. The number of halogens is 1. The topological polar surface area (TPSA) is 73.8 Å². The highest BCUT2D eigenvalue weighted by atomic mass is 79.9. The van der Waals surface area contributed by atoms with Crippen LogP contribution in [0.4, 0.5) is 0 Å². The van der Waals surface area contributed by atoms with Crippen LogP contribution in [0.1, 0.15) is 21.7 Å².